The van der Waals surface area contributed by atoms with Gasteiger partial charge in [0, 0.05) is 5.92 Å². The minimum Gasteiger partial charge on any atom is -0.376 e. The molecule has 1 saturated heterocycles. The number of allylic oxidation sites excluding steroid dienone is 2. The van der Waals surface area contributed by atoms with Gasteiger partial charge >= 0.3 is 0 Å². The van der Waals surface area contributed by atoms with E-state index >= 15 is 0 Å². The van der Waals surface area contributed by atoms with Crippen molar-refractivity contribution in [2.75, 3.05) is 26.4 Å². The van der Waals surface area contributed by atoms with Gasteiger partial charge in [0.1, 0.15) is 12.7 Å². The summed E-state index contributed by atoms with van der Waals surface area (Å²) in [6.45, 7) is 15.0. The van der Waals surface area contributed by atoms with E-state index in [1.54, 1.807) is 6.08 Å². The van der Waals surface area contributed by atoms with Crippen LogP contribution in [0.25, 0.3) is 0 Å². The first kappa shape index (κ1) is 22.3. The number of ether oxygens (including phenoxy) is 4. The highest BCUT2D eigenvalue weighted by molar-refractivity contribution is 5.01. The van der Waals surface area contributed by atoms with Crippen LogP contribution in [0.5, 0.6) is 0 Å². The molecule has 0 aromatic rings. The molecule has 1 aliphatic rings. The van der Waals surface area contributed by atoms with Gasteiger partial charge in [0.25, 0.3) is 0 Å². The standard InChI is InChI=1S/C19H34O6/c1-7-8-9-16-11-22-18(21-10-15(16)4)17(12-24-20)25-19(5,6)13-23-14(2)3/h7-9,14-18,20H,1,10-13H2,2-6H3/b9-8-. The summed E-state index contributed by atoms with van der Waals surface area (Å²) in [5.74, 6) is 0.533. The third-order valence-electron chi connectivity index (χ3n) is 3.98. The maximum absolute atomic E-state index is 8.93. The van der Waals surface area contributed by atoms with E-state index in [1.807, 2.05) is 33.8 Å². The largest absolute Gasteiger partial charge is 0.376 e. The average molecular weight is 358 g/mol. The normalized spacial score (nSPS) is 26.8. The van der Waals surface area contributed by atoms with Crippen molar-refractivity contribution in [1.82, 2.24) is 0 Å². The molecule has 1 rings (SSSR count). The van der Waals surface area contributed by atoms with Crippen LogP contribution in [0.15, 0.2) is 24.8 Å². The fraction of sp³-hybridized carbons (Fsp3) is 0.789. The summed E-state index contributed by atoms with van der Waals surface area (Å²) >= 11 is 0. The Hall–Kier alpha value is -0.760. The zero-order valence-electron chi connectivity index (χ0n) is 16.1. The molecular formula is C19H34O6. The van der Waals surface area contributed by atoms with Crippen molar-refractivity contribution >= 4 is 0 Å². The van der Waals surface area contributed by atoms with E-state index in [0.29, 0.717) is 25.7 Å². The van der Waals surface area contributed by atoms with E-state index in [-0.39, 0.29) is 18.6 Å². The van der Waals surface area contributed by atoms with E-state index in [9.17, 15) is 0 Å². The maximum Gasteiger partial charge on any atom is 0.186 e. The molecular weight excluding hydrogens is 324 g/mol. The van der Waals surface area contributed by atoms with Crippen molar-refractivity contribution in [3.05, 3.63) is 24.8 Å². The minimum atomic E-state index is -0.616. The topological polar surface area (TPSA) is 66.4 Å². The second kappa shape index (κ2) is 11.1. The number of hydrogen-bond acceptors (Lipinski definition) is 6. The zero-order valence-corrected chi connectivity index (χ0v) is 16.1. The van der Waals surface area contributed by atoms with E-state index in [2.05, 4.69) is 24.5 Å². The van der Waals surface area contributed by atoms with E-state index < -0.39 is 18.0 Å². The Morgan fingerprint density at radius 1 is 1.28 bits per heavy atom. The Morgan fingerprint density at radius 3 is 2.56 bits per heavy atom. The van der Waals surface area contributed by atoms with Crippen LogP contribution in [0.2, 0.25) is 0 Å². The van der Waals surface area contributed by atoms with Gasteiger partial charge in [0.05, 0.1) is 31.5 Å². The Kier molecular flexibility index (Phi) is 9.86. The molecule has 1 aliphatic heterocycles. The molecule has 0 aromatic carbocycles. The molecule has 146 valence electrons. The Labute approximate surface area is 151 Å². The van der Waals surface area contributed by atoms with Crippen LogP contribution in [0.1, 0.15) is 34.6 Å². The van der Waals surface area contributed by atoms with Gasteiger partial charge in [-0.3, -0.25) is 5.26 Å². The van der Waals surface area contributed by atoms with Gasteiger partial charge < -0.3 is 18.9 Å². The molecule has 4 atom stereocenters. The van der Waals surface area contributed by atoms with Crippen LogP contribution < -0.4 is 0 Å². The Bertz CT molecular complexity index is 407. The van der Waals surface area contributed by atoms with Crippen LogP contribution in [0.3, 0.4) is 0 Å². The van der Waals surface area contributed by atoms with E-state index in [4.69, 9.17) is 24.2 Å². The van der Waals surface area contributed by atoms with Crippen molar-refractivity contribution < 1.29 is 29.1 Å². The van der Waals surface area contributed by atoms with Gasteiger partial charge in [-0.2, -0.15) is 0 Å². The lowest BCUT2D eigenvalue weighted by molar-refractivity contribution is -0.304. The average Bonchev–Trinajstić information content (AvgIpc) is 2.72. The lowest BCUT2D eigenvalue weighted by atomic mass is 9.95. The van der Waals surface area contributed by atoms with Gasteiger partial charge in [-0.1, -0.05) is 31.7 Å². The van der Waals surface area contributed by atoms with Gasteiger partial charge in [-0.25, -0.2) is 4.89 Å². The van der Waals surface area contributed by atoms with E-state index in [0.717, 1.165) is 0 Å². The molecule has 0 radical (unpaired) electrons. The lowest BCUT2D eigenvalue weighted by Gasteiger charge is -2.34. The molecule has 0 aliphatic carbocycles. The maximum atomic E-state index is 8.93. The van der Waals surface area contributed by atoms with Crippen molar-refractivity contribution in [1.29, 1.82) is 0 Å². The molecule has 0 bridgehead atoms. The minimum absolute atomic E-state index is 0.0443. The second-order valence-electron chi connectivity index (χ2n) is 7.37. The highest BCUT2D eigenvalue weighted by Gasteiger charge is 2.35. The number of hydrogen-bond donors (Lipinski definition) is 1. The quantitative estimate of drug-likeness (QED) is 0.367. The molecule has 6 heteroatoms. The molecule has 6 nitrogen and oxygen atoms in total. The van der Waals surface area contributed by atoms with Crippen LogP contribution in [-0.2, 0) is 23.8 Å². The third-order valence-corrected chi connectivity index (χ3v) is 3.98. The van der Waals surface area contributed by atoms with Crippen molar-refractivity contribution in [2.45, 2.75) is 58.7 Å². The van der Waals surface area contributed by atoms with Gasteiger partial charge in [-0.05, 0) is 33.6 Å². The highest BCUT2D eigenvalue weighted by Crippen LogP contribution is 2.25. The first-order valence-corrected chi connectivity index (χ1v) is 8.87. The Balaban J connectivity index is 2.71. The molecule has 0 aromatic heterocycles. The molecule has 0 amide bonds. The van der Waals surface area contributed by atoms with Crippen molar-refractivity contribution in [3.8, 4) is 0 Å². The molecule has 1 N–H and O–H groups in total. The number of rotatable bonds is 10. The first-order valence-electron chi connectivity index (χ1n) is 8.87. The fourth-order valence-corrected chi connectivity index (χ4v) is 2.52. The second-order valence-corrected chi connectivity index (χ2v) is 7.37. The first-order chi connectivity index (χ1) is 11.8. The third kappa shape index (κ3) is 8.44. The summed E-state index contributed by atoms with van der Waals surface area (Å²) < 4.78 is 23.5. The summed E-state index contributed by atoms with van der Waals surface area (Å²) in [7, 11) is 0. The smallest absolute Gasteiger partial charge is 0.186 e. The molecule has 25 heavy (non-hydrogen) atoms. The molecule has 4 unspecified atom stereocenters. The van der Waals surface area contributed by atoms with Crippen molar-refractivity contribution in [2.24, 2.45) is 11.8 Å². The monoisotopic (exact) mass is 358 g/mol. The Morgan fingerprint density at radius 2 is 1.96 bits per heavy atom. The summed E-state index contributed by atoms with van der Waals surface area (Å²) in [5.41, 5.74) is -0.569. The SMILES string of the molecule is C=C/C=C\C1COC(C(COO)OC(C)(C)COC(C)C)OCC1C. The van der Waals surface area contributed by atoms with E-state index in [1.165, 1.54) is 0 Å². The predicted molar refractivity (Wildman–Crippen MR) is 96.3 cm³/mol. The van der Waals surface area contributed by atoms with Gasteiger partial charge in [0.15, 0.2) is 6.29 Å². The summed E-state index contributed by atoms with van der Waals surface area (Å²) in [5, 5.41) is 8.93. The highest BCUT2D eigenvalue weighted by atomic mass is 17.1. The van der Waals surface area contributed by atoms with Crippen LogP contribution in [0, 0.1) is 11.8 Å². The van der Waals surface area contributed by atoms with Crippen LogP contribution in [0.4, 0.5) is 0 Å². The van der Waals surface area contributed by atoms with Crippen molar-refractivity contribution in [3.63, 3.8) is 0 Å². The fourth-order valence-electron chi connectivity index (χ4n) is 2.52. The van der Waals surface area contributed by atoms with Crippen LogP contribution in [-0.4, -0.2) is 55.8 Å². The van der Waals surface area contributed by atoms with Crippen LogP contribution >= 0.6 is 0 Å². The van der Waals surface area contributed by atoms with Gasteiger partial charge in [-0.15, -0.1) is 0 Å². The zero-order chi connectivity index (χ0) is 18.9. The summed E-state index contributed by atoms with van der Waals surface area (Å²) in [4.78, 5) is 4.34. The predicted octanol–water partition coefficient (Wildman–Crippen LogP) is 3.43. The molecule has 0 saturated carbocycles. The van der Waals surface area contributed by atoms with Gasteiger partial charge in [0.2, 0.25) is 0 Å². The summed E-state index contributed by atoms with van der Waals surface area (Å²) in [6.07, 6.45) is 4.67. The lowest BCUT2D eigenvalue weighted by Crippen LogP contribution is -2.45. The summed E-state index contributed by atoms with van der Waals surface area (Å²) in [6, 6.07) is 0. The molecule has 0 spiro atoms. The molecule has 1 heterocycles. The molecule has 1 fully saturated rings.